The van der Waals surface area contributed by atoms with Crippen LogP contribution in [0.25, 0.3) is 0 Å². The molecule has 0 spiro atoms. The Morgan fingerprint density at radius 2 is 1.69 bits per heavy atom. The maximum Gasteiger partial charge on any atom is 0.325 e. The first-order chi connectivity index (χ1) is 13.9. The molecule has 0 fully saturated rings. The van der Waals surface area contributed by atoms with Crippen molar-refractivity contribution in [2.24, 2.45) is 0 Å². The van der Waals surface area contributed by atoms with Crippen molar-refractivity contribution in [3.8, 4) is 0 Å². The summed E-state index contributed by atoms with van der Waals surface area (Å²) in [7, 11) is 0. The number of nitrogens with one attached hydrogen (secondary N) is 2. The fourth-order valence-electron chi connectivity index (χ4n) is 2.36. The minimum atomic E-state index is -0.827. The van der Waals surface area contributed by atoms with Crippen molar-refractivity contribution in [2.45, 2.75) is 19.8 Å². The molecule has 0 aromatic heterocycles. The second-order valence-corrected chi connectivity index (χ2v) is 6.12. The molecular formula is C21H21FN2O5. The number of halogens is 1. The summed E-state index contributed by atoms with van der Waals surface area (Å²) in [4.78, 5) is 47.2. The van der Waals surface area contributed by atoms with E-state index in [0.717, 1.165) is 12.5 Å². The zero-order valence-electron chi connectivity index (χ0n) is 15.9. The maximum absolute atomic E-state index is 13.5. The van der Waals surface area contributed by atoms with E-state index in [1.165, 1.54) is 30.3 Å². The van der Waals surface area contributed by atoms with E-state index in [1.54, 1.807) is 12.1 Å². The normalized spacial score (nSPS) is 10.1. The van der Waals surface area contributed by atoms with Gasteiger partial charge in [0.15, 0.2) is 12.4 Å². The molecule has 0 heterocycles. The molecule has 2 rings (SSSR count). The summed E-state index contributed by atoms with van der Waals surface area (Å²) in [6.07, 6.45) is 1.14. The maximum atomic E-state index is 13.5. The van der Waals surface area contributed by atoms with Gasteiger partial charge in [-0.2, -0.15) is 0 Å². The Bertz CT molecular complexity index is 896. The molecule has 0 unspecified atom stereocenters. The van der Waals surface area contributed by atoms with Crippen LogP contribution < -0.4 is 10.6 Å². The van der Waals surface area contributed by atoms with E-state index in [1.807, 2.05) is 6.92 Å². The van der Waals surface area contributed by atoms with Gasteiger partial charge < -0.3 is 15.4 Å². The Balaban J connectivity index is 1.78. The van der Waals surface area contributed by atoms with Crippen molar-refractivity contribution in [3.05, 3.63) is 65.5 Å². The van der Waals surface area contributed by atoms with Crippen molar-refractivity contribution in [2.75, 3.05) is 18.5 Å². The van der Waals surface area contributed by atoms with Crippen molar-refractivity contribution in [1.29, 1.82) is 0 Å². The molecule has 7 nitrogen and oxygen atoms in total. The quantitative estimate of drug-likeness (QED) is 0.498. The summed E-state index contributed by atoms with van der Waals surface area (Å²) in [6, 6.07) is 11.5. The van der Waals surface area contributed by atoms with Crippen molar-refractivity contribution in [3.63, 3.8) is 0 Å². The van der Waals surface area contributed by atoms with Crippen LogP contribution in [-0.4, -0.2) is 36.7 Å². The number of hydrogen-bond acceptors (Lipinski definition) is 5. The van der Waals surface area contributed by atoms with Crippen LogP contribution in [0, 0.1) is 5.82 Å². The minimum absolute atomic E-state index is 0.113. The van der Waals surface area contributed by atoms with Crippen molar-refractivity contribution < 1.29 is 28.3 Å². The van der Waals surface area contributed by atoms with Crippen LogP contribution in [0.3, 0.4) is 0 Å². The van der Waals surface area contributed by atoms with Crippen LogP contribution in [-0.2, 0) is 14.3 Å². The van der Waals surface area contributed by atoms with Gasteiger partial charge in [-0.25, -0.2) is 4.39 Å². The third-order valence-corrected chi connectivity index (χ3v) is 3.84. The molecule has 0 bridgehead atoms. The molecule has 0 aliphatic rings. The highest BCUT2D eigenvalue weighted by atomic mass is 19.1. The molecule has 2 aromatic rings. The average Bonchev–Trinajstić information content (AvgIpc) is 2.71. The summed E-state index contributed by atoms with van der Waals surface area (Å²) in [6.45, 7) is 0.896. The molecular weight excluding hydrogens is 379 g/mol. The molecule has 0 aliphatic heterocycles. The lowest BCUT2D eigenvalue weighted by atomic mass is 10.1. The number of amides is 2. The van der Waals surface area contributed by atoms with E-state index in [9.17, 15) is 23.6 Å². The highest BCUT2D eigenvalue weighted by Crippen LogP contribution is 2.11. The number of ketones is 1. The fourth-order valence-corrected chi connectivity index (χ4v) is 2.36. The standard InChI is InChI=1S/C21H21FN2O5/c1-2-5-19(26)24-15-10-8-14(9-11-15)18(25)13-29-20(27)12-23-21(28)16-6-3-4-7-17(16)22/h3-4,6-11H,2,5,12-13H2,1H3,(H,23,28)(H,24,26). The number of hydrogen-bond donors (Lipinski definition) is 2. The van der Waals surface area contributed by atoms with E-state index in [4.69, 9.17) is 4.74 Å². The zero-order chi connectivity index (χ0) is 21.2. The van der Waals surface area contributed by atoms with Gasteiger partial charge in [0.25, 0.3) is 5.91 Å². The number of esters is 1. The number of anilines is 1. The van der Waals surface area contributed by atoms with Crippen LogP contribution in [0.4, 0.5) is 10.1 Å². The van der Waals surface area contributed by atoms with E-state index in [2.05, 4.69) is 10.6 Å². The molecule has 0 saturated heterocycles. The van der Waals surface area contributed by atoms with E-state index < -0.39 is 36.6 Å². The minimum Gasteiger partial charge on any atom is -0.456 e. The molecule has 152 valence electrons. The molecule has 8 heteroatoms. The predicted octanol–water partition coefficient (Wildman–Crippen LogP) is 2.72. The fraction of sp³-hybridized carbons (Fsp3) is 0.238. The Morgan fingerprint density at radius 1 is 1.00 bits per heavy atom. The molecule has 0 atom stereocenters. The Morgan fingerprint density at radius 3 is 2.34 bits per heavy atom. The number of benzene rings is 2. The summed E-state index contributed by atoms with van der Waals surface area (Å²) < 4.78 is 18.3. The lowest BCUT2D eigenvalue weighted by Gasteiger charge is -2.08. The topological polar surface area (TPSA) is 102 Å². The van der Waals surface area contributed by atoms with E-state index >= 15 is 0 Å². The average molecular weight is 400 g/mol. The van der Waals surface area contributed by atoms with E-state index in [-0.39, 0.29) is 11.5 Å². The SMILES string of the molecule is CCCC(=O)Nc1ccc(C(=O)COC(=O)CNC(=O)c2ccccc2F)cc1. The molecule has 2 amide bonds. The number of carbonyl (C=O) groups excluding carboxylic acids is 4. The van der Waals surface area contributed by atoms with E-state index in [0.29, 0.717) is 17.7 Å². The summed E-state index contributed by atoms with van der Waals surface area (Å²) in [5.41, 5.74) is 0.678. The predicted molar refractivity (Wildman–Crippen MR) is 104 cm³/mol. The highest BCUT2D eigenvalue weighted by Gasteiger charge is 2.14. The van der Waals surface area contributed by atoms with Gasteiger partial charge in [0.2, 0.25) is 5.91 Å². The van der Waals surface area contributed by atoms with Gasteiger partial charge in [-0.1, -0.05) is 19.1 Å². The number of Topliss-reactive ketones (excluding diaryl/α,β-unsaturated/α-hetero) is 1. The smallest absolute Gasteiger partial charge is 0.325 e. The third kappa shape index (κ3) is 6.84. The van der Waals surface area contributed by atoms with Crippen LogP contribution in [0.5, 0.6) is 0 Å². The van der Waals surface area contributed by atoms with Gasteiger partial charge in [-0.15, -0.1) is 0 Å². The van der Waals surface area contributed by atoms with Crippen LogP contribution in [0.2, 0.25) is 0 Å². The van der Waals surface area contributed by atoms with Gasteiger partial charge in [0.05, 0.1) is 5.56 Å². The van der Waals surface area contributed by atoms with Crippen LogP contribution in [0.15, 0.2) is 48.5 Å². The highest BCUT2D eigenvalue weighted by molar-refractivity contribution is 5.99. The van der Waals surface area contributed by atoms with Gasteiger partial charge in [0.1, 0.15) is 12.4 Å². The second kappa shape index (κ2) is 10.7. The lowest BCUT2D eigenvalue weighted by Crippen LogP contribution is -2.32. The van der Waals surface area contributed by atoms with Crippen molar-refractivity contribution in [1.82, 2.24) is 5.32 Å². The molecule has 29 heavy (non-hydrogen) atoms. The Kier molecular flexibility index (Phi) is 8.02. The number of ether oxygens (including phenoxy) is 1. The van der Waals surface area contributed by atoms with Gasteiger partial charge in [-0.05, 0) is 42.8 Å². The molecule has 2 N–H and O–H groups in total. The van der Waals surface area contributed by atoms with Gasteiger partial charge in [-0.3, -0.25) is 19.2 Å². The first kappa shape index (κ1) is 21.7. The first-order valence-electron chi connectivity index (χ1n) is 9.02. The van der Waals surface area contributed by atoms with Crippen LogP contribution >= 0.6 is 0 Å². The summed E-state index contributed by atoms with van der Waals surface area (Å²) in [5, 5.41) is 4.94. The summed E-state index contributed by atoms with van der Waals surface area (Å²) >= 11 is 0. The molecule has 0 radical (unpaired) electrons. The Labute approximate surface area is 167 Å². The molecule has 0 saturated carbocycles. The monoisotopic (exact) mass is 400 g/mol. The Hall–Kier alpha value is -3.55. The van der Waals surface area contributed by atoms with Crippen molar-refractivity contribution >= 4 is 29.3 Å². The number of rotatable bonds is 9. The van der Waals surface area contributed by atoms with Gasteiger partial charge in [0, 0.05) is 17.7 Å². The first-order valence-corrected chi connectivity index (χ1v) is 9.02. The van der Waals surface area contributed by atoms with Gasteiger partial charge >= 0.3 is 5.97 Å². The third-order valence-electron chi connectivity index (χ3n) is 3.84. The molecule has 2 aromatic carbocycles. The lowest BCUT2D eigenvalue weighted by molar-refractivity contribution is -0.141. The zero-order valence-corrected chi connectivity index (χ0v) is 15.9. The summed E-state index contributed by atoms with van der Waals surface area (Å²) in [5.74, 6) is -2.84. The largest absolute Gasteiger partial charge is 0.456 e. The second-order valence-electron chi connectivity index (χ2n) is 6.12. The molecule has 0 aliphatic carbocycles. The number of carbonyl (C=O) groups is 4. The van der Waals surface area contributed by atoms with Crippen LogP contribution in [0.1, 0.15) is 40.5 Å².